The number of nitrogens with one attached hydrogen (secondary N) is 1. The minimum atomic E-state index is -4.40. The van der Waals surface area contributed by atoms with Crippen molar-refractivity contribution in [2.24, 2.45) is 0 Å². The lowest BCUT2D eigenvalue weighted by molar-refractivity contribution is -0.137. The number of amides is 2. The van der Waals surface area contributed by atoms with Gasteiger partial charge in [0, 0.05) is 19.0 Å². The molecule has 4 nitrogen and oxygen atoms in total. The number of benzene rings is 1. The van der Waals surface area contributed by atoms with Gasteiger partial charge in [0.15, 0.2) is 0 Å². The molecule has 1 aromatic carbocycles. The molecule has 1 rings (SSSR count). The first-order valence-electron chi connectivity index (χ1n) is 7.28. The third kappa shape index (κ3) is 5.13. The van der Waals surface area contributed by atoms with Gasteiger partial charge in [-0.1, -0.05) is 32.0 Å². The highest BCUT2D eigenvalue weighted by atomic mass is 19.4. The summed E-state index contributed by atoms with van der Waals surface area (Å²) in [7, 11) is 1.55. The van der Waals surface area contributed by atoms with Crippen LogP contribution in [-0.2, 0) is 11.6 Å². The summed E-state index contributed by atoms with van der Waals surface area (Å²) < 4.78 is 38.4. The SMILES string of the molecule is CC(CO)N(C)C(=O)NCC(C)(C)c1cccc(C(F)(F)F)c1. The normalized spacial score (nSPS) is 13.6. The monoisotopic (exact) mass is 332 g/mol. The fraction of sp³-hybridized carbons (Fsp3) is 0.562. The second-order valence-electron chi connectivity index (χ2n) is 6.26. The molecule has 0 fully saturated rings. The van der Waals surface area contributed by atoms with Crippen LogP contribution < -0.4 is 5.32 Å². The number of urea groups is 1. The zero-order valence-corrected chi connectivity index (χ0v) is 13.7. The Bertz CT molecular complexity index is 544. The number of hydrogen-bond donors (Lipinski definition) is 2. The molecule has 0 bridgehead atoms. The molecule has 0 aromatic heterocycles. The van der Waals surface area contributed by atoms with Crippen LogP contribution in [0.1, 0.15) is 31.9 Å². The van der Waals surface area contributed by atoms with E-state index in [0.29, 0.717) is 5.56 Å². The summed E-state index contributed by atoms with van der Waals surface area (Å²) >= 11 is 0. The van der Waals surface area contributed by atoms with Crippen molar-refractivity contribution in [3.8, 4) is 0 Å². The molecule has 7 heteroatoms. The van der Waals surface area contributed by atoms with E-state index < -0.39 is 17.2 Å². The van der Waals surface area contributed by atoms with Crippen LogP contribution in [0.3, 0.4) is 0 Å². The number of carbonyl (C=O) groups excluding carboxylic acids is 1. The van der Waals surface area contributed by atoms with Crippen LogP contribution in [0.15, 0.2) is 24.3 Å². The average Bonchev–Trinajstić information content (AvgIpc) is 2.50. The van der Waals surface area contributed by atoms with Gasteiger partial charge in [-0.3, -0.25) is 0 Å². The number of hydrogen-bond acceptors (Lipinski definition) is 2. The predicted octanol–water partition coefficient (Wildman–Crippen LogP) is 3.01. The van der Waals surface area contributed by atoms with Gasteiger partial charge < -0.3 is 15.3 Å². The molecule has 130 valence electrons. The maximum atomic E-state index is 12.8. The largest absolute Gasteiger partial charge is 0.416 e. The lowest BCUT2D eigenvalue weighted by Crippen LogP contribution is -2.47. The number of rotatable bonds is 5. The number of carbonyl (C=O) groups is 1. The maximum Gasteiger partial charge on any atom is 0.416 e. The Hall–Kier alpha value is -1.76. The average molecular weight is 332 g/mol. The van der Waals surface area contributed by atoms with Crippen LogP contribution in [0, 0.1) is 0 Å². The van der Waals surface area contributed by atoms with E-state index in [2.05, 4.69) is 5.32 Å². The number of aliphatic hydroxyl groups excluding tert-OH is 1. The van der Waals surface area contributed by atoms with Crippen molar-refractivity contribution in [3.05, 3.63) is 35.4 Å². The molecular formula is C16H23F3N2O2. The quantitative estimate of drug-likeness (QED) is 0.871. The van der Waals surface area contributed by atoms with Crippen LogP contribution in [0.5, 0.6) is 0 Å². The Kier molecular flexibility index (Phi) is 6.04. The fourth-order valence-corrected chi connectivity index (χ4v) is 1.96. The van der Waals surface area contributed by atoms with E-state index in [4.69, 9.17) is 5.11 Å². The summed E-state index contributed by atoms with van der Waals surface area (Å²) in [6.45, 7) is 5.23. The van der Waals surface area contributed by atoms with Crippen molar-refractivity contribution in [1.29, 1.82) is 0 Å². The lowest BCUT2D eigenvalue weighted by atomic mass is 9.84. The summed E-state index contributed by atoms with van der Waals surface area (Å²) in [6, 6.07) is 4.38. The van der Waals surface area contributed by atoms with Crippen molar-refractivity contribution in [1.82, 2.24) is 10.2 Å². The van der Waals surface area contributed by atoms with Gasteiger partial charge in [-0.05, 0) is 18.6 Å². The second-order valence-corrected chi connectivity index (χ2v) is 6.26. The number of nitrogens with zero attached hydrogens (tertiary/aromatic N) is 1. The van der Waals surface area contributed by atoms with Crippen LogP contribution in [0.25, 0.3) is 0 Å². The molecule has 0 saturated heterocycles. The highest BCUT2D eigenvalue weighted by Crippen LogP contribution is 2.32. The molecule has 0 saturated carbocycles. The van der Waals surface area contributed by atoms with Gasteiger partial charge in [0.25, 0.3) is 0 Å². The smallest absolute Gasteiger partial charge is 0.394 e. The van der Waals surface area contributed by atoms with Crippen molar-refractivity contribution in [3.63, 3.8) is 0 Å². The Labute approximate surface area is 134 Å². The summed E-state index contributed by atoms with van der Waals surface area (Å²) in [5.74, 6) is 0. The summed E-state index contributed by atoms with van der Waals surface area (Å²) in [4.78, 5) is 13.3. The molecule has 0 aliphatic heterocycles. The van der Waals surface area contributed by atoms with E-state index in [1.807, 2.05) is 0 Å². The van der Waals surface area contributed by atoms with Crippen LogP contribution in [-0.4, -0.2) is 42.3 Å². The third-order valence-corrected chi connectivity index (χ3v) is 3.90. The molecule has 0 spiro atoms. The van der Waals surface area contributed by atoms with Crippen LogP contribution in [0.4, 0.5) is 18.0 Å². The van der Waals surface area contributed by atoms with E-state index in [0.717, 1.165) is 12.1 Å². The first-order valence-corrected chi connectivity index (χ1v) is 7.28. The summed E-state index contributed by atoms with van der Waals surface area (Å²) in [5, 5.41) is 11.7. The lowest BCUT2D eigenvalue weighted by Gasteiger charge is -2.29. The Morgan fingerprint density at radius 2 is 1.87 bits per heavy atom. The van der Waals surface area contributed by atoms with Gasteiger partial charge in [0.2, 0.25) is 0 Å². The Morgan fingerprint density at radius 3 is 2.39 bits per heavy atom. The van der Waals surface area contributed by atoms with Gasteiger partial charge in [0.05, 0.1) is 18.2 Å². The zero-order chi connectivity index (χ0) is 17.8. The highest BCUT2D eigenvalue weighted by Gasteiger charge is 2.32. The van der Waals surface area contributed by atoms with Gasteiger partial charge in [0.1, 0.15) is 0 Å². The first-order chi connectivity index (χ1) is 10.5. The number of aliphatic hydroxyl groups is 1. The maximum absolute atomic E-state index is 12.8. The Morgan fingerprint density at radius 1 is 1.30 bits per heavy atom. The molecule has 1 atom stereocenters. The van der Waals surface area contributed by atoms with E-state index >= 15 is 0 Å². The molecule has 0 aliphatic carbocycles. The molecule has 23 heavy (non-hydrogen) atoms. The fourth-order valence-electron chi connectivity index (χ4n) is 1.96. The minimum absolute atomic E-state index is 0.166. The second kappa shape index (κ2) is 7.21. The van der Waals surface area contributed by atoms with Crippen LogP contribution in [0.2, 0.25) is 0 Å². The standard InChI is InChI=1S/C16H23F3N2O2/c1-11(9-22)21(4)14(23)20-10-15(2,3)12-6-5-7-13(8-12)16(17,18)19/h5-8,11,22H,9-10H2,1-4H3,(H,20,23). The van der Waals surface area contributed by atoms with Gasteiger partial charge in [-0.2, -0.15) is 13.2 Å². The van der Waals surface area contributed by atoms with E-state index in [1.54, 1.807) is 33.9 Å². The van der Waals surface area contributed by atoms with Crippen molar-refractivity contribution in [2.75, 3.05) is 20.2 Å². The summed E-state index contributed by atoms with van der Waals surface area (Å²) in [5.41, 5.74) is -0.883. The predicted molar refractivity (Wildman–Crippen MR) is 82.2 cm³/mol. The molecule has 2 N–H and O–H groups in total. The molecule has 1 aromatic rings. The van der Waals surface area contributed by atoms with Crippen molar-refractivity contribution in [2.45, 2.75) is 38.4 Å². The number of alkyl halides is 3. The van der Waals surface area contributed by atoms with Gasteiger partial charge in [-0.25, -0.2) is 4.79 Å². The van der Waals surface area contributed by atoms with E-state index in [-0.39, 0.29) is 25.2 Å². The topological polar surface area (TPSA) is 52.6 Å². The van der Waals surface area contributed by atoms with Gasteiger partial charge >= 0.3 is 12.2 Å². The number of likely N-dealkylation sites (N-methyl/N-ethyl adjacent to an activating group) is 1. The van der Waals surface area contributed by atoms with Gasteiger partial charge in [-0.15, -0.1) is 0 Å². The molecular weight excluding hydrogens is 309 g/mol. The molecule has 2 amide bonds. The molecule has 0 aliphatic rings. The molecule has 1 unspecified atom stereocenters. The summed E-state index contributed by atoms with van der Waals surface area (Å²) in [6.07, 6.45) is -4.40. The number of halogens is 3. The van der Waals surface area contributed by atoms with Crippen molar-refractivity contribution < 1.29 is 23.1 Å². The first kappa shape index (κ1) is 19.3. The minimum Gasteiger partial charge on any atom is -0.394 e. The zero-order valence-electron chi connectivity index (χ0n) is 13.7. The molecule has 0 heterocycles. The third-order valence-electron chi connectivity index (χ3n) is 3.90. The van der Waals surface area contributed by atoms with E-state index in [1.165, 1.54) is 11.0 Å². The van der Waals surface area contributed by atoms with Crippen LogP contribution >= 0.6 is 0 Å². The molecule has 0 radical (unpaired) electrons. The van der Waals surface area contributed by atoms with Crippen molar-refractivity contribution >= 4 is 6.03 Å². The highest BCUT2D eigenvalue weighted by molar-refractivity contribution is 5.74. The Balaban J connectivity index is 2.82. The van der Waals surface area contributed by atoms with E-state index in [9.17, 15) is 18.0 Å².